The second-order valence-corrected chi connectivity index (χ2v) is 4.03. The molecule has 0 saturated heterocycles. The minimum Gasteiger partial charge on any atom is -0.399 e. The van der Waals surface area contributed by atoms with Crippen LogP contribution in [0.4, 0.5) is 5.69 Å². The fourth-order valence-corrected chi connectivity index (χ4v) is 1.97. The summed E-state index contributed by atoms with van der Waals surface area (Å²) in [5, 5.41) is 28.4. The number of pyridine rings is 1. The van der Waals surface area contributed by atoms with E-state index in [2.05, 4.69) is 0 Å². The first-order chi connectivity index (χ1) is 8.04. The predicted octanol–water partition coefficient (Wildman–Crippen LogP) is -1.37. The summed E-state index contributed by atoms with van der Waals surface area (Å²) in [6, 6.07) is 2.09. The number of hydrogen-bond acceptors (Lipinski definition) is 5. The molecule has 0 saturated carbocycles. The maximum atomic E-state index is 11.7. The molecule has 3 atom stereocenters. The Morgan fingerprint density at radius 1 is 1.41 bits per heavy atom. The van der Waals surface area contributed by atoms with Crippen molar-refractivity contribution in [2.24, 2.45) is 0 Å². The van der Waals surface area contributed by atoms with Crippen LogP contribution in [-0.2, 0) is 0 Å². The number of hydrogen-bond donors (Lipinski definition) is 4. The molecule has 0 fully saturated rings. The Kier molecular flexibility index (Phi) is 3.01. The van der Waals surface area contributed by atoms with Crippen LogP contribution < -0.4 is 11.3 Å². The Balaban J connectivity index is 2.41. The first-order valence-corrected chi connectivity index (χ1v) is 5.20. The first kappa shape index (κ1) is 11.8. The van der Waals surface area contributed by atoms with E-state index < -0.39 is 18.2 Å². The second kappa shape index (κ2) is 4.33. The lowest BCUT2D eigenvalue weighted by Gasteiger charge is -2.19. The summed E-state index contributed by atoms with van der Waals surface area (Å²) in [6.07, 6.45) is 0.662. The van der Waals surface area contributed by atoms with Gasteiger partial charge in [0.25, 0.3) is 5.56 Å². The van der Waals surface area contributed by atoms with Crippen LogP contribution in [-0.4, -0.2) is 38.7 Å². The van der Waals surface area contributed by atoms with Crippen LogP contribution in [0.25, 0.3) is 0 Å². The molecule has 1 aromatic heterocycles. The van der Waals surface area contributed by atoms with E-state index in [1.54, 1.807) is 0 Å². The monoisotopic (exact) mass is 238 g/mol. The summed E-state index contributed by atoms with van der Waals surface area (Å²) >= 11 is 0. The van der Waals surface area contributed by atoms with Crippen LogP contribution in [0.15, 0.2) is 34.8 Å². The van der Waals surface area contributed by atoms with Gasteiger partial charge in [0, 0.05) is 18.0 Å². The van der Waals surface area contributed by atoms with Crippen LogP contribution >= 0.6 is 0 Å². The van der Waals surface area contributed by atoms with Crippen molar-refractivity contribution in [3.05, 3.63) is 40.3 Å². The molecule has 1 aliphatic carbocycles. The second-order valence-electron chi connectivity index (χ2n) is 4.03. The lowest BCUT2D eigenvalue weighted by Crippen LogP contribution is -2.34. The van der Waals surface area contributed by atoms with Crippen molar-refractivity contribution in [2.75, 3.05) is 12.3 Å². The molecule has 92 valence electrons. The highest BCUT2D eigenvalue weighted by Crippen LogP contribution is 2.28. The van der Waals surface area contributed by atoms with Crippen LogP contribution in [0.1, 0.15) is 6.04 Å². The highest BCUT2D eigenvalue weighted by atomic mass is 16.3. The maximum absolute atomic E-state index is 11.7. The fraction of sp³-hybridized carbons (Fsp3) is 0.364. The van der Waals surface area contributed by atoms with E-state index in [4.69, 9.17) is 10.8 Å². The quantitative estimate of drug-likeness (QED) is 0.475. The van der Waals surface area contributed by atoms with E-state index in [1.807, 2.05) is 0 Å². The number of nitrogen functional groups attached to an aromatic ring is 1. The molecule has 0 radical (unpaired) electrons. The van der Waals surface area contributed by atoms with Gasteiger partial charge in [-0.25, -0.2) is 0 Å². The van der Waals surface area contributed by atoms with Gasteiger partial charge in [-0.15, -0.1) is 0 Å². The molecule has 17 heavy (non-hydrogen) atoms. The summed E-state index contributed by atoms with van der Waals surface area (Å²) in [5.74, 6) is 0. The molecule has 0 aliphatic heterocycles. The molecule has 0 amide bonds. The van der Waals surface area contributed by atoms with Gasteiger partial charge in [0.1, 0.15) is 12.2 Å². The number of nitrogens with two attached hydrogens (primary N) is 1. The Labute approximate surface area is 97.2 Å². The van der Waals surface area contributed by atoms with E-state index in [9.17, 15) is 15.0 Å². The Bertz CT molecular complexity index is 508. The third-order valence-electron chi connectivity index (χ3n) is 2.91. The third-order valence-corrected chi connectivity index (χ3v) is 2.91. The first-order valence-electron chi connectivity index (χ1n) is 5.20. The topological polar surface area (TPSA) is 109 Å². The summed E-state index contributed by atoms with van der Waals surface area (Å²) < 4.78 is 1.27. The van der Waals surface area contributed by atoms with Crippen molar-refractivity contribution in [3.63, 3.8) is 0 Å². The van der Waals surface area contributed by atoms with Crippen LogP contribution in [0.2, 0.25) is 0 Å². The molecular formula is C11H14N2O4. The van der Waals surface area contributed by atoms with Crippen molar-refractivity contribution in [1.82, 2.24) is 4.57 Å². The van der Waals surface area contributed by atoms with Crippen LogP contribution in [0, 0.1) is 0 Å². The normalized spacial score (nSPS) is 28.2. The standard InChI is InChI=1S/C11H14N2O4/c12-7-1-2-13(9(15)4-7)8-3-6(5-14)10(16)11(8)17/h1-4,8,10-11,14,16-17H,5,12H2. The Hall–Kier alpha value is -1.63. The molecule has 6 heteroatoms. The average molecular weight is 238 g/mol. The smallest absolute Gasteiger partial charge is 0.253 e. The molecule has 5 N–H and O–H groups in total. The van der Waals surface area contributed by atoms with Gasteiger partial charge in [-0.3, -0.25) is 4.79 Å². The molecule has 1 aromatic rings. The molecule has 1 aliphatic rings. The number of aromatic nitrogens is 1. The Morgan fingerprint density at radius 3 is 2.65 bits per heavy atom. The van der Waals surface area contributed by atoms with E-state index in [0.717, 1.165) is 0 Å². The molecule has 0 bridgehead atoms. The number of anilines is 1. The van der Waals surface area contributed by atoms with E-state index in [1.165, 1.54) is 29.0 Å². The summed E-state index contributed by atoms with van der Waals surface area (Å²) in [5.41, 5.74) is 5.75. The van der Waals surface area contributed by atoms with E-state index >= 15 is 0 Å². The summed E-state index contributed by atoms with van der Waals surface area (Å²) in [6.45, 7) is -0.349. The molecule has 3 unspecified atom stereocenters. The maximum Gasteiger partial charge on any atom is 0.253 e. The molecular weight excluding hydrogens is 224 g/mol. The van der Waals surface area contributed by atoms with Crippen molar-refractivity contribution in [3.8, 4) is 0 Å². The van der Waals surface area contributed by atoms with Gasteiger partial charge in [-0.2, -0.15) is 0 Å². The summed E-state index contributed by atoms with van der Waals surface area (Å²) in [4.78, 5) is 11.7. The molecule has 0 aromatic carbocycles. The lowest BCUT2D eigenvalue weighted by molar-refractivity contribution is 0.0274. The van der Waals surface area contributed by atoms with Gasteiger partial charge in [0.15, 0.2) is 0 Å². The molecule has 2 rings (SSSR count). The predicted molar refractivity (Wildman–Crippen MR) is 61.3 cm³/mol. The van der Waals surface area contributed by atoms with Crippen LogP contribution in [0.5, 0.6) is 0 Å². The summed E-state index contributed by atoms with van der Waals surface area (Å²) in [7, 11) is 0. The molecule has 1 heterocycles. The highest BCUT2D eigenvalue weighted by molar-refractivity contribution is 5.35. The van der Waals surface area contributed by atoms with Gasteiger partial charge < -0.3 is 25.6 Å². The minimum atomic E-state index is -1.14. The zero-order chi connectivity index (χ0) is 12.6. The third kappa shape index (κ3) is 1.97. The van der Waals surface area contributed by atoms with Gasteiger partial charge >= 0.3 is 0 Å². The SMILES string of the molecule is Nc1ccn(C2C=C(CO)C(O)C2O)c(=O)c1. The molecule has 6 nitrogen and oxygen atoms in total. The number of aliphatic hydroxyl groups excluding tert-OH is 3. The Morgan fingerprint density at radius 2 is 2.12 bits per heavy atom. The number of aliphatic hydroxyl groups is 3. The van der Waals surface area contributed by atoms with Gasteiger partial charge in [-0.1, -0.05) is 6.08 Å². The van der Waals surface area contributed by atoms with Gasteiger partial charge in [0.2, 0.25) is 0 Å². The van der Waals surface area contributed by atoms with Crippen LogP contribution in [0.3, 0.4) is 0 Å². The zero-order valence-electron chi connectivity index (χ0n) is 9.02. The van der Waals surface area contributed by atoms with Crippen molar-refractivity contribution >= 4 is 5.69 Å². The van der Waals surface area contributed by atoms with E-state index in [0.29, 0.717) is 11.3 Å². The number of nitrogens with zero attached hydrogens (tertiary/aromatic N) is 1. The van der Waals surface area contributed by atoms with Crippen molar-refractivity contribution in [2.45, 2.75) is 18.2 Å². The average Bonchev–Trinajstić information content (AvgIpc) is 2.57. The molecule has 0 spiro atoms. The zero-order valence-corrected chi connectivity index (χ0v) is 9.02. The van der Waals surface area contributed by atoms with Crippen molar-refractivity contribution < 1.29 is 15.3 Å². The van der Waals surface area contributed by atoms with Crippen molar-refractivity contribution in [1.29, 1.82) is 0 Å². The van der Waals surface area contributed by atoms with Gasteiger partial charge in [0.05, 0.1) is 12.6 Å². The largest absolute Gasteiger partial charge is 0.399 e. The number of rotatable bonds is 2. The highest BCUT2D eigenvalue weighted by Gasteiger charge is 2.35. The van der Waals surface area contributed by atoms with E-state index in [-0.39, 0.29) is 12.2 Å². The fourth-order valence-electron chi connectivity index (χ4n) is 1.97. The lowest BCUT2D eigenvalue weighted by atomic mass is 10.1. The van der Waals surface area contributed by atoms with Gasteiger partial charge in [-0.05, 0) is 11.6 Å². The minimum absolute atomic E-state index is 0.311.